The summed E-state index contributed by atoms with van der Waals surface area (Å²) in [5, 5.41) is 13.0. The van der Waals surface area contributed by atoms with Crippen molar-refractivity contribution in [2.75, 3.05) is 0 Å². The van der Waals surface area contributed by atoms with Gasteiger partial charge in [-0.05, 0) is 12.8 Å². The van der Waals surface area contributed by atoms with Gasteiger partial charge in [0.05, 0.1) is 0 Å². The first-order chi connectivity index (χ1) is 11.2. The van der Waals surface area contributed by atoms with Gasteiger partial charge in [-0.2, -0.15) is 0 Å². The van der Waals surface area contributed by atoms with E-state index in [-0.39, 0.29) is 5.78 Å². The highest BCUT2D eigenvalue weighted by atomic mass is 16.4. The van der Waals surface area contributed by atoms with E-state index in [1.807, 2.05) is 16.7 Å². The van der Waals surface area contributed by atoms with E-state index in [9.17, 15) is 10.0 Å². The fourth-order valence-corrected chi connectivity index (χ4v) is 3.11. The first-order valence-electron chi connectivity index (χ1n) is 8.18. The van der Waals surface area contributed by atoms with Crippen molar-refractivity contribution in [2.24, 2.45) is 5.16 Å². The third-order valence-corrected chi connectivity index (χ3v) is 4.22. The molecule has 0 unspecified atom stereocenters. The van der Waals surface area contributed by atoms with Crippen molar-refractivity contribution in [3.8, 4) is 0 Å². The summed E-state index contributed by atoms with van der Waals surface area (Å²) in [5.74, 6) is 0.863. The molecule has 0 radical (unpaired) electrons. The zero-order chi connectivity index (χ0) is 16.4. The number of unbranched alkanes of at least 4 members (excludes halogenated alkanes) is 1. The van der Waals surface area contributed by atoms with Gasteiger partial charge in [0.1, 0.15) is 22.9 Å². The minimum Gasteiger partial charge on any atom is -0.410 e. The summed E-state index contributed by atoms with van der Waals surface area (Å²) in [6.07, 6.45) is 3.79. The van der Waals surface area contributed by atoms with Gasteiger partial charge >= 0.3 is 0 Å². The number of carbonyl (C=O) groups excluding carboxylic acids is 1. The molecule has 1 aliphatic rings. The molecule has 1 N–H and O–H groups in total. The van der Waals surface area contributed by atoms with Gasteiger partial charge < -0.3 is 9.77 Å². The molecule has 1 aromatic carbocycles. The first-order valence-corrected chi connectivity index (χ1v) is 8.18. The molecule has 1 aromatic heterocycles. The zero-order valence-corrected chi connectivity index (χ0v) is 13.5. The lowest BCUT2D eigenvalue weighted by Crippen LogP contribution is -2.24. The van der Waals surface area contributed by atoms with E-state index in [0.717, 1.165) is 38.1 Å². The van der Waals surface area contributed by atoms with Crippen LogP contribution in [0.1, 0.15) is 66.2 Å². The summed E-state index contributed by atoms with van der Waals surface area (Å²) >= 11 is 0. The first kappa shape index (κ1) is 15.5. The number of rotatable bonds is 5. The second-order valence-corrected chi connectivity index (χ2v) is 5.80. The number of oxime groups is 1. The number of benzene rings is 1. The minimum absolute atomic E-state index is 0.0334. The third-order valence-electron chi connectivity index (χ3n) is 4.22. The highest BCUT2D eigenvalue weighted by Gasteiger charge is 2.34. The van der Waals surface area contributed by atoms with Gasteiger partial charge in [-0.25, -0.2) is 4.98 Å². The minimum atomic E-state index is -0.0334. The molecular formula is C18H21N3O2. The second kappa shape index (κ2) is 6.36. The standard InChI is InChI=1S/C18H21N3O2/c1-3-5-11-21-14(8-4-2)19-16-15(20-23)12-9-6-7-10-13(12)18(22)17(16)21/h6-7,9-10,23H,3-5,8,11H2,1-2H3/b20-15+. The molecule has 0 aliphatic heterocycles. The maximum atomic E-state index is 13.0. The van der Waals surface area contributed by atoms with Crippen LogP contribution in [0, 0.1) is 0 Å². The van der Waals surface area contributed by atoms with Crippen LogP contribution >= 0.6 is 0 Å². The number of nitrogens with zero attached hydrogens (tertiary/aromatic N) is 3. The van der Waals surface area contributed by atoms with Crippen LogP contribution in [-0.2, 0) is 13.0 Å². The number of aromatic nitrogens is 2. The highest BCUT2D eigenvalue weighted by molar-refractivity contribution is 6.28. The lowest BCUT2D eigenvalue weighted by atomic mass is 9.89. The van der Waals surface area contributed by atoms with Crippen molar-refractivity contribution in [1.29, 1.82) is 0 Å². The smallest absolute Gasteiger partial charge is 0.212 e. The number of aryl methyl sites for hydroxylation is 1. The van der Waals surface area contributed by atoms with Gasteiger partial charge in [0.25, 0.3) is 0 Å². The van der Waals surface area contributed by atoms with Crippen LogP contribution in [0.4, 0.5) is 0 Å². The van der Waals surface area contributed by atoms with Crippen LogP contribution in [0.3, 0.4) is 0 Å². The summed E-state index contributed by atoms with van der Waals surface area (Å²) in [6, 6.07) is 7.25. The van der Waals surface area contributed by atoms with E-state index in [2.05, 4.69) is 24.0 Å². The molecular weight excluding hydrogens is 290 g/mol. The number of ketones is 1. The Morgan fingerprint density at radius 3 is 2.57 bits per heavy atom. The van der Waals surface area contributed by atoms with Crippen LogP contribution in [0.5, 0.6) is 0 Å². The summed E-state index contributed by atoms with van der Waals surface area (Å²) in [4.78, 5) is 17.6. The Labute approximate surface area is 135 Å². The van der Waals surface area contributed by atoms with Crippen molar-refractivity contribution in [3.63, 3.8) is 0 Å². The molecule has 120 valence electrons. The fourth-order valence-electron chi connectivity index (χ4n) is 3.11. The maximum absolute atomic E-state index is 13.0. The fraction of sp³-hybridized carbons (Fsp3) is 0.389. The molecule has 0 bridgehead atoms. The molecule has 3 rings (SSSR count). The van der Waals surface area contributed by atoms with Gasteiger partial charge in [0.2, 0.25) is 5.78 Å². The van der Waals surface area contributed by atoms with E-state index in [1.165, 1.54) is 0 Å². The molecule has 0 spiro atoms. The lowest BCUT2D eigenvalue weighted by Gasteiger charge is -2.17. The normalized spacial score (nSPS) is 14.9. The van der Waals surface area contributed by atoms with Crippen LogP contribution in [-0.4, -0.2) is 26.3 Å². The molecule has 0 saturated heterocycles. The second-order valence-electron chi connectivity index (χ2n) is 5.80. The van der Waals surface area contributed by atoms with Crippen molar-refractivity contribution < 1.29 is 10.0 Å². The number of imidazole rings is 1. The van der Waals surface area contributed by atoms with Crippen molar-refractivity contribution in [2.45, 2.75) is 46.1 Å². The van der Waals surface area contributed by atoms with Crippen LogP contribution < -0.4 is 0 Å². The van der Waals surface area contributed by atoms with E-state index in [1.54, 1.807) is 12.1 Å². The van der Waals surface area contributed by atoms with E-state index >= 15 is 0 Å². The Hall–Kier alpha value is -2.43. The molecule has 23 heavy (non-hydrogen) atoms. The number of hydrogen-bond donors (Lipinski definition) is 1. The molecule has 1 aliphatic carbocycles. The SMILES string of the molecule is CCCCn1c(CCC)nc2c1C(=O)c1ccccc1/C2=N\O. The highest BCUT2D eigenvalue weighted by Crippen LogP contribution is 2.29. The third kappa shape index (κ3) is 2.46. The number of fused-ring (bicyclic) bond motifs is 2. The number of carbonyl (C=O) groups is 1. The topological polar surface area (TPSA) is 67.5 Å². The summed E-state index contributed by atoms with van der Waals surface area (Å²) in [6.45, 7) is 4.98. The summed E-state index contributed by atoms with van der Waals surface area (Å²) in [7, 11) is 0. The van der Waals surface area contributed by atoms with Gasteiger partial charge in [-0.3, -0.25) is 4.79 Å². The van der Waals surface area contributed by atoms with Gasteiger partial charge in [-0.1, -0.05) is 49.7 Å². The molecule has 5 heteroatoms. The van der Waals surface area contributed by atoms with Crippen LogP contribution in [0.25, 0.3) is 0 Å². The molecule has 0 fully saturated rings. The predicted molar refractivity (Wildman–Crippen MR) is 88.4 cm³/mol. The molecule has 0 atom stereocenters. The quantitative estimate of drug-likeness (QED) is 0.580. The largest absolute Gasteiger partial charge is 0.410 e. The van der Waals surface area contributed by atoms with Crippen molar-refractivity contribution in [3.05, 3.63) is 52.6 Å². The Balaban J connectivity index is 2.22. The molecule has 1 heterocycles. The predicted octanol–water partition coefficient (Wildman–Crippen LogP) is 3.41. The van der Waals surface area contributed by atoms with E-state index < -0.39 is 0 Å². The van der Waals surface area contributed by atoms with E-state index in [0.29, 0.717) is 28.2 Å². The van der Waals surface area contributed by atoms with Gasteiger partial charge in [-0.15, -0.1) is 0 Å². The average Bonchev–Trinajstić information content (AvgIpc) is 2.92. The van der Waals surface area contributed by atoms with E-state index in [4.69, 9.17) is 0 Å². The van der Waals surface area contributed by atoms with Crippen LogP contribution in [0.15, 0.2) is 29.4 Å². The van der Waals surface area contributed by atoms with Crippen LogP contribution in [0.2, 0.25) is 0 Å². The summed E-state index contributed by atoms with van der Waals surface area (Å²) in [5.41, 5.74) is 2.69. The lowest BCUT2D eigenvalue weighted by molar-refractivity contribution is 0.102. The van der Waals surface area contributed by atoms with Crippen molar-refractivity contribution in [1.82, 2.24) is 9.55 Å². The summed E-state index contributed by atoms with van der Waals surface area (Å²) < 4.78 is 2.02. The van der Waals surface area contributed by atoms with Crippen molar-refractivity contribution >= 4 is 11.5 Å². The zero-order valence-electron chi connectivity index (χ0n) is 13.5. The average molecular weight is 311 g/mol. The van der Waals surface area contributed by atoms with Gasteiger partial charge in [0, 0.05) is 24.1 Å². The Kier molecular flexibility index (Phi) is 4.28. The number of hydrogen-bond acceptors (Lipinski definition) is 4. The molecule has 0 amide bonds. The molecule has 5 nitrogen and oxygen atoms in total. The molecule has 2 aromatic rings. The molecule has 0 saturated carbocycles. The Morgan fingerprint density at radius 1 is 1.17 bits per heavy atom. The maximum Gasteiger partial charge on any atom is 0.212 e. The monoisotopic (exact) mass is 311 g/mol. The Bertz CT molecular complexity index is 775. The Morgan fingerprint density at radius 2 is 1.91 bits per heavy atom. The van der Waals surface area contributed by atoms with Gasteiger partial charge in [0.15, 0.2) is 0 Å².